The first-order valence-electron chi connectivity index (χ1n) is 3.95. The highest BCUT2D eigenvalue weighted by Crippen LogP contribution is 2.02. The fraction of sp³-hybridized carbons (Fsp3) is 0.875. The van der Waals surface area contributed by atoms with E-state index in [1.54, 1.807) is 0 Å². The fourth-order valence-corrected chi connectivity index (χ4v) is 0.910. The van der Waals surface area contributed by atoms with Crippen LogP contribution in [0.25, 0.3) is 0 Å². The van der Waals surface area contributed by atoms with Crippen LogP contribution in [0.3, 0.4) is 0 Å². The van der Waals surface area contributed by atoms with Gasteiger partial charge in [0.2, 0.25) is 5.91 Å². The molecule has 0 saturated carbocycles. The quantitative estimate of drug-likeness (QED) is 0.613. The van der Waals surface area contributed by atoms with E-state index < -0.39 is 0 Å². The second kappa shape index (κ2) is 5.80. The lowest BCUT2D eigenvalue weighted by Crippen LogP contribution is -2.29. The van der Waals surface area contributed by atoms with Crippen molar-refractivity contribution < 1.29 is 4.79 Å². The summed E-state index contributed by atoms with van der Waals surface area (Å²) < 4.78 is 0.639. The van der Waals surface area contributed by atoms with Gasteiger partial charge in [0.15, 0.2) is 0 Å². The summed E-state index contributed by atoms with van der Waals surface area (Å²) in [5.74, 6) is 0.265. The van der Waals surface area contributed by atoms with Gasteiger partial charge in [-0.05, 0) is 6.42 Å². The van der Waals surface area contributed by atoms with E-state index >= 15 is 0 Å². The van der Waals surface area contributed by atoms with Crippen LogP contribution in [0.4, 0.5) is 0 Å². The minimum atomic E-state index is 0.111. The molecule has 0 rings (SSSR count). The molecule has 1 unspecified atom stereocenters. The lowest BCUT2D eigenvalue weighted by atomic mass is 10.2. The number of carbonyl (C=O) groups is 1. The zero-order valence-corrected chi connectivity index (χ0v) is 9.51. The van der Waals surface area contributed by atoms with Crippen molar-refractivity contribution in [1.29, 1.82) is 0 Å². The van der Waals surface area contributed by atoms with Crippen LogP contribution < -0.4 is 5.32 Å². The minimum Gasteiger partial charge on any atom is -0.356 e. The van der Waals surface area contributed by atoms with Gasteiger partial charge in [0.25, 0.3) is 0 Å². The Morgan fingerprint density at radius 2 is 2.00 bits per heavy atom. The molecule has 0 heterocycles. The van der Waals surface area contributed by atoms with Gasteiger partial charge in [0.05, 0.1) is 0 Å². The lowest BCUT2D eigenvalue weighted by molar-refractivity contribution is -0.123. The highest BCUT2D eigenvalue weighted by atomic mass is 127. The molecular formula is C8H16INO. The molecule has 0 aromatic carbocycles. The van der Waals surface area contributed by atoms with Crippen LogP contribution in [0.5, 0.6) is 0 Å². The standard InChI is InChI=1S/C8H16INO/c1-6(2)8(11)10-5-4-7(3)9/h6-7H,4-5H2,1-3H3,(H,10,11). The Bertz CT molecular complexity index is 123. The molecule has 0 saturated heterocycles. The molecule has 1 N–H and O–H groups in total. The number of amides is 1. The van der Waals surface area contributed by atoms with Gasteiger partial charge in [-0.1, -0.05) is 43.4 Å². The first-order valence-corrected chi connectivity index (χ1v) is 5.20. The predicted octanol–water partition coefficient (Wildman–Crippen LogP) is 1.97. The van der Waals surface area contributed by atoms with Gasteiger partial charge in [-0.25, -0.2) is 0 Å². The molecule has 0 aromatic rings. The zero-order valence-electron chi connectivity index (χ0n) is 7.36. The summed E-state index contributed by atoms with van der Waals surface area (Å²) in [5.41, 5.74) is 0. The van der Waals surface area contributed by atoms with Crippen molar-refractivity contribution in [3.8, 4) is 0 Å². The third-order valence-corrected chi connectivity index (χ3v) is 1.99. The zero-order chi connectivity index (χ0) is 8.85. The molecule has 11 heavy (non-hydrogen) atoms. The average Bonchev–Trinajstić information content (AvgIpc) is 1.86. The van der Waals surface area contributed by atoms with Crippen molar-refractivity contribution >= 4 is 28.5 Å². The van der Waals surface area contributed by atoms with E-state index in [1.165, 1.54) is 0 Å². The summed E-state index contributed by atoms with van der Waals surface area (Å²) in [7, 11) is 0. The van der Waals surface area contributed by atoms with E-state index in [0.717, 1.165) is 13.0 Å². The molecule has 0 bridgehead atoms. The number of hydrogen-bond acceptors (Lipinski definition) is 1. The van der Waals surface area contributed by atoms with Gasteiger partial charge in [-0.3, -0.25) is 4.79 Å². The molecule has 3 heteroatoms. The second-order valence-corrected chi connectivity index (χ2v) is 5.14. The van der Waals surface area contributed by atoms with Gasteiger partial charge >= 0.3 is 0 Å². The maximum atomic E-state index is 11.0. The normalized spacial score (nSPS) is 13.2. The van der Waals surface area contributed by atoms with E-state index in [4.69, 9.17) is 0 Å². The molecule has 0 aromatic heterocycles. The number of rotatable bonds is 4. The summed E-state index contributed by atoms with van der Waals surface area (Å²) in [6, 6.07) is 0. The number of hydrogen-bond donors (Lipinski definition) is 1. The lowest BCUT2D eigenvalue weighted by Gasteiger charge is -2.07. The Kier molecular flexibility index (Phi) is 5.91. The largest absolute Gasteiger partial charge is 0.356 e. The Balaban J connectivity index is 3.32. The van der Waals surface area contributed by atoms with Crippen LogP contribution in [-0.2, 0) is 4.79 Å². The SMILES string of the molecule is CC(I)CCNC(=O)C(C)C. The van der Waals surface area contributed by atoms with Crippen LogP contribution in [0.1, 0.15) is 27.2 Å². The minimum absolute atomic E-state index is 0.111. The maximum Gasteiger partial charge on any atom is 0.222 e. The summed E-state index contributed by atoms with van der Waals surface area (Å²) in [6.45, 7) is 6.76. The van der Waals surface area contributed by atoms with Crippen molar-refractivity contribution in [2.75, 3.05) is 6.54 Å². The van der Waals surface area contributed by atoms with Gasteiger partial charge in [-0.15, -0.1) is 0 Å². The van der Waals surface area contributed by atoms with Gasteiger partial charge in [0, 0.05) is 16.4 Å². The highest BCUT2D eigenvalue weighted by Gasteiger charge is 2.05. The first-order chi connectivity index (χ1) is 5.04. The molecule has 0 aliphatic rings. The van der Waals surface area contributed by atoms with E-state index in [2.05, 4.69) is 34.8 Å². The van der Waals surface area contributed by atoms with Crippen molar-refractivity contribution in [2.24, 2.45) is 5.92 Å². The summed E-state index contributed by atoms with van der Waals surface area (Å²) in [4.78, 5) is 11.0. The van der Waals surface area contributed by atoms with E-state index in [-0.39, 0.29) is 11.8 Å². The van der Waals surface area contributed by atoms with E-state index in [1.807, 2.05) is 13.8 Å². The van der Waals surface area contributed by atoms with Crippen molar-refractivity contribution in [1.82, 2.24) is 5.32 Å². The number of carbonyl (C=O) groups excluding carboxylic acids is 1. The molecule has 0 aliphatic carbocycles. The average molecular weight is 269 g/mol. The molecule has 2 nitrogen and oxygen atoms in total. The van der Waals surface area contributed by atoms with Crippen molar-refractivity contribution in [3.63, 3.8) is 0 Å². The van der Waals surface area contributed by atoms with Gasteiger partial charge < -0.3 is 5.32 Å². The Morgan fingerprint density at radius 1 is 1.45 bits per heavy atom. The molecule has 0 aliphatic heterocycles. The predicted molar refractivity (Wildman–Crippen MR) is 55.9 cm³/mol. The third kappa shape index (κ3) is 6.59. The second-order valence-electron chi connectivity index (χ2n) is 3.02. The summed E-state index contributed by atoms with van der Waals surface area (Å²) >= 11 is 2.36. The first kappa shape index (κ1) is 11.2. The number of nitrogens with one attached hydrogen (secondary N) is 1. The van der Waals surface area contributed by atoms with Crippen LogP contribution >= 0.6 is 22.6 Å². The van der Waals surface area contributed by atoms with Crippen molar-refractivity contribution in [2.45, 2.75) is 31.1 Å². The maximum absolute atomic E-state index is 11.0. The monoisotopic (exact) mass is 269 g/mol. The van der Waals surface area contributed by atoms with E-state index in [0.29, 0.717) is 3.92 Å². The number of halogens is 1. The number of alkyl halides is 1. The van der Waals surface area contributed by atoms with Crippen LogP contribution in [-0.4, -0.2) is 16.4 Å². The van der Waals surface area contributed by atoms with Gasteiger partial charge in [0.1, 0.15) is 0 Å². The molecule has 1 amide bonds. The molecule has 0 radical (unpaired) electrons. The molecule has 0 fully saturated rings. The van der Waals surface area contributed by atoms with Crippen LogP contribution in [0, 0.1) is 5.92 Å². The Hall–Kier alpha value is 0.200. The van der Waals surface area contributed by atoms with Crippen molar-refractivity contribution in [3.05, 3.63) is 0 Å². The highest BCUT2D eigenvalue weighted by molar-refractivity contribution is 14.1. The van der Waals surface area contributed by atoms with Gasteiger partial charge in [-0.2, -0.15) is 0 Å². The smallest absolute Gasteiger partial charge is 0.222 e. The summed E-state index contributed by atoms with van der Waals surface area (Å²) in [6.07, 6.45) is 1.05. The molecule has 66 valence electrons. The summed E-state index contributed by atoms with van der Waals surface area (Å²) in [5, 5.41) is 2.87. The third-order valence-electron chi connectivity index (χ3n) is 1.37. The fourth-order valence-electron chi connectivity index (χ4n) is 0.598. The molecule has 0 spiro atoms. The molecule has 1 atom stereocenters. The van der Waals surface area contributed by atoms with Crippen LogP contribution in [0.2, 0.25) is 0 Å². The Labute approximate surface area is 82.3 Å². The molecular weight excluding hydrogens is 253 g/mol. The van der Waals surface area contributed by atoms with E-state index in [9.17, 15) is 4.79 Å². The Morgan fingerprint density at radius 3 is 2.36 bits per heavy atom. The topological polar surface area (TPSA) is 29.1 Å². The van der Waals surface area contributed by atoms with Crippen LogP contribution in [0.15, 0.2) is 0 Å².